The van der Waals surface area contributed by atoms with Crippen LogP contribution in [0.2, 0.25) is 0 Å². The van der Waals surface area contributed by atoms with Gasteiger partial charge in [-0.3, -0.25) is 4.79 Å². The van der Waals surface area contributed by atoms with Crippen LogP contribution in [0.4, 0.5) is 11.4 Å². The number of nitrogens with one attached hydrogen (secondary N) is 1. The van der Waals surface area contributed by atoms with E-state index in [1.165, 1.54) is 11.4 Å². The third kappa shape index (κ3) is 3.88. The number of carbonyl (C=O) groups is 1. The van der Waals surface area contributed by atoms with Gasteiger partial charge in [-0.05, 0) is 31.5 Å². The number of para-hydroxylation sites is 2. The highest BCUT2D eigenvalue weighted by Crippen LogP contribution is 2.31. The lowest BCUT2D eigenvalue weighted by Crippen LogP contribution is -2.46. The minimum Gasteiger partial charge on any atom is -0.371 e. The van der Waals surface area contributed by atoms with Crippen molar-refractivity contribution < 1.29 is 4.79 Å². The van der Waals surface area contributed by atoms with Gasteiger partial charge in [-0.25, -0.2) is 0 Å². The maximum absolute atomic E-state index is 11.5. The number of amides is 1. The summed E-state index contributed by atoms with van der Waals surface area (Å²) in [6.07, 6.45) is 1.74. The fourth-order valence-electron chi connectivity index (χ4n) is 2.75. The molecule has 0 fully saturated rings. The average molecular weight is 290 g/mol. The number of benzene rings is 1. The SMILES string of the molecule is CCCNC(CCN1CCN(C)c2ccccc21)C(N)=O. The number of primary amides is 1. The molecule has 5 nitrogen and oxygen atoms in total. The number of nitrogens with two attached hydrogens (primary N) is 1. The molecular weight excluding hydrogens is 264 g/mol. The summed E-state index contributed by atoms with van der Waals surface area (Å²) in [6, 6.07) is 8.17. The van der Waals surface area contributed by atoms with Crippen LogP contribution >= 0.6 is 0 Å². The number of hydrogen-bond donors (Lipinski definition) is 2. The van der Waals surface area contributed by atoms with Crippen molar-refractivity contribution >= 4 is 17.3 Å². The molecule has 1 heterocycles. The highest BCUT2D eigenvalue weighted by Gasteiger charge is 2.21. The Morgan fingerprint density at radius 3 is 2.71 bits per heavy atom. The van der Waals surface area contributed by atoms with E-state index in [1.807, 2.05) is 0 Å². The lowest BCUT2D eigenvalue weighted by atomic mass is 10.1. The Hall–Kier alpha value is -1.75. The second kappa shape index (κ2) is 7.31. The summed E-state index contributed by atoms with van der Waals surface area (Å²) < 4.78 is 0. The van der Waals surface area contributed by atoms with Crippen molar-refractivity contribution in [1.29, 1.82) is 0 Å². The van der Waals surface area contributed by atoms with Crippen molar-refractivity contribution in [2.45, 2.75) is 25.8 Å². The molecule has 21 heavy (non-hydrogen) atoms. The molecule has 116 valence electrons. The van der Waals surface area contributed by atoms with Gasteiger partial charge in [-0.15, -0.1) is 0 Å². The van der Waals surface area contributed by atoms with Crippen molar-refractivity contribution in [3.63, 3.8) is 0 Å². The summed E-state index contributed by atoms with van der Waals surface area (Å²) in [6.45, 7) is 5.73. The molecular formula is C16H26N4O. The predicted octanol–water partition coefficient (Wildman–Crippen LogP) is 1.19. The highest BCUT2D eigenvalue weighted by molar-refractivity contribution is 5.80. The van der Waals surface area contributed by atoms with Crippen molar-refractivity contribution in [3.8, 4) is 0 Å². The van der Waals surface area contributed by atoms with Gasteiger partial charge in [0.1, 0.15) is 0 Å². The van der Waals surface area contributed by atoms with E-state index in [9.17, 15) is 4.79 Å². The van der Waals surface area contributed by atoms with Crippen LogP contribution in [0, 0.1) is 0 Å². The molecule has 0 aromatic heterocycles. The zero-order valence-electron chi connectivity index (χ0n) is 13.0. The molecule has 0 spiro atoms. The van der Waals surface area contributed by atoms with Gasteiger partial charge in [0.2, 0.25) is 5.91 Å². The normalized spacial score (nSPS) is 15.7. The monoisotopic (exact) mass is 290 g/mol. The van der Waals surface area contributed by atoms with Gasteiger partial charge in [0, 0.05) is 26.7 Å². The Bertz CT molecular complexity index is 477. The number of likely N-dealkylation sites (N-methyl/N-ethyl adjacent to an activating group) is 1. The van der Waals surface area contributed by atoms with Crippen LogP contribution in [0.25, 0.3) is 0 Å². The Morgan fingerprint density at radius 1 is 1.33 bits per heavy atom. The molecule has 2 rings (SSSR count). The van der Waals surface area contributed by atoms with E-state index >= 15 is 0 Å². The van der Waals surface area contributed by atoms with E-state index in [2.05, 4.69) is 53.4 Å². The fourth-order valence-corrected chi connectivity index (χ4v) is 2.75. The van der Waals surface area contributed by atoms with Gasteiger partial charge in [0.15, 0.2) is 0 Å². The highest BCUT2D eigenvalue weighted by atomic mass is 16.1. The standard InChI is InChI=1S/C16H26N4O/c1-3-9-18-13(16(17)21)8-10-20-12-11-19(2)14-6-4-5-7-15(14)20/h4-7,13,18H,3,8-12H2,1-2H3,(H2,17,21). The number of nitrogens with zero attached hydrogens (tertiary/aromatic N) is 2. The maximum Gasteiger partial charge on any atom is 0.234 e. The van der Waals surface area contributed by atoms with E-state index in [0.29, 0.717) is 0 Å². The van der Waals surface area contributed by atoms with E-state index in [0.717, 1.165) is 39.0 Å². The number of fused-ring (bicyclic) bond motifs is 1. The molecule has 1 aliphatic rings. The summed E-state index contributed by atoms with van der Waals surface area (Å²) in [5.41, 5.74) is 7.97. The van der Waals surface area contributed by atoms with E-state index in [1.54, 1.807) is 0 Å². The van der Waals surface area contributed by atoms with Gasteiger partial charge in [-0.2, -0.15) is 0 Å². The van der Waals surface area contributed by atoms with Crippen LogP contribution < -0.4 is 20.9 Å². The van der Waals surface area contributed by atoms with Crippen molar-refractivity contribution in [2.24, 2.45) is 5.73 Å². The third-order valence-corrected chi connectivity index (χ3v) is 4.01. The second-order valence-corrected chi connectivity index (χ2v) is 5.60. The van der Waals surface area contributed by atoms with Crippen LogP contribution in [-0.4, -0.2) is 45.2 Å². The molecule has 3 N–H and O–H groups in total. The van der Waals surface area contributed by atoms with Gasteiger partial charge >= 0.3 is 0 Å². The quantitative estimate of drug-likeness (QED) is 0.792. The van der Waals surface area contributed by atoms with Gasteiger partial charge in [0.25, 0.3) is 0 Å². The van der Waals surface area contributed by atoms with E-state index in [4.69, 9.17) is 5.73 Å². The topological polar surface area (TPSA) is 61.6 Å². The number of hydrogen-bond acceptors (Lipinski definition) is 4. The van der Waals surface area contributed by atoms with Crippen LogP contribution in [0.3, 0.4) is 0 Å². The van der Waals surface area contributed by atoms with Crippen LogP contribution in [-0.2, 0) is 4.79 Å². The van der Waals surface area contributed by atoms with Crippen molar-refractivity contribution in [3.05, 3.63) is 24.3 Å². The summed E-state index contributed by atoms with van der Waals surface area (Å²) >= 11 is 0. The summed E-state index contributed by atoms with van der Waals surface area (Å²) in [5.74, 6) is -0.258. The fraction of sp³-hybridized carbons (Fsp3) is 0.562. The first-order valence-corrected chi connectivity index (χ1v) is 7.71. The number of rotatable bonds is 7. The van der Waals surface area contributed by atoms with Gasteiger partial charge in [0.05, 0.1) is 17.4 Å². The zero-order valence-corrected chi connectivity index (χ0v) is 13.0. The average Bonchev–Trinajstić information content (AvgIpc) is 2.49. The molecule has 5 heteroatoms. The lowest BCUT2D eigenvalue weighted by Gasteiger charge is -2.37. The Balaban J connectivity index is 2.00. The third-order valence-electron chi connectivity index (χ3n) is 4.01. The molecule has 1 aliphatic heterocycles. The molecule has 0 saturated carbocycles. The molecule has 1 aromatic carbocycles. The summed E-state index contributed by atoms with van der Waals surface area (Å²) in [4.78, 5) is 16.1. The second-order valence-electron chi connectivity index (χ2n) is 5.60. The van der Waals surface area contributed by atoms with Gasteiger partial charge in [-0.1, -0.05) is 19.1 Å². The summed E-state index contributed by atoms with van der Waals surface area (Å²) in [5, 5.41) is 3.23. The number of carbonyl (C=O) groups excluding carboxylic acids is 1. The number of anilines is 2. The van der Waals surface area contributed by atoms with Crippen LogP contribution in [0.1, 0.15) is 19.8 Å². The largest absolute Gasteiger partial charge is 0.371 e. The van der Waals surface area contributed by atoms with Crippen molar-refractivity contribution in [1.82, 2.24) is 5.32 Å². The Morgan fingerprint density at radius 2 is 2.05 bits per heavy atom. The van der Waals surface area contributed by atoms with Crippen LogP contribution in [0.5, 0.6) is 0 Å². The molecule has 1 aromatic rings. The minimum absolute atomic E-state index is 0.239. The summed E-state index contributed by atoms with van der Waals surface area (Å²) in [7, 11) is 2.12. The first-order valence-electron chi connectivity index (χ1n) is 7.71. The first kappa shape index (κ1) is 15.6. The van der Waals surface area contributed by atoms with Crippen LogP contribution in [0.15, 0.2) is 24.3 Å². The zero-order chi connectivity index (χ0) is 15.2. The predicted molar refractivity (Wildman–Crippen MR) is 87.8 cm³/mol. The molecule has 1 unspecified atom stereocenters. The van der Waals surface area contributed by atoms with Gasteiger partial charge < -0.3 is 20.9 Å². The Labute approximate surface area is 127 Å². The molecule has 0 aliphatic carbocycles. The molecule has 0 saturated heterocycles. The molecule has 1 atom stereocenters. The van der Waals surface area contributed by atoms with Crippen molar-refractivity contribution in [2.75, 3.05) is 43.0 Å². The minimum atomic E-state index is -0.258. The molecule has 0 bridgehead atoms. The Kier molecular flexibility index (Phi) is 5.44. The van der Waals surface area contributed by atoms with E-state index < -0.39 is 0 Å². The first-order chi connectivity index (χ1) is 10.1. The smallest absolute Gasteiger partial charge is 0.234 e. The maximum atomic E-state index is 11.5. The van der Waals surface area contributed by atoms with E-state index in [-0.39, 0.29) is 11.9 Å². The molecule has 0 radical (unpaired) electrons. The molecule has 1 amide bonds. The lowest BCUT2D eigenvalue weighted by molar-refractivity contribution is -0.120.